The molecular weight excluding hydrogens is 228 g/mol. The van der Waals surface area contributed by atoms with Crippen molar-refractivity contribution in [2.75, 3.05) is 0 Å². The first-order valence-electron chi connectivity index (χ1n) is 6.57. The molecule has 1 saturated heterocycles. The quantitative estimate of drug-likeness (QED) is 0.858. The van der Waals surface area contributed by atoms with Gasteiger partial charge in [-0.2, -0.15) is 5.10 Å². The molecule has 0 radical (unpaired) electrons. The van der Waals surface area contributed by atoms with E-state index in [1.807, 2.05) is 18.1 Å². The lowest BCUT2D eigenvalue weighted by Gasteiger charge is -2.40. The molecule has 1 aliphatic heterocycles. The minimum atomic E-state index is -0.596. The average molecular weight is 250 g/mol. The lowest BCUT2D eigenvalue weighted by atomic mass is 9.96. The van der Waals surface area contributed by atoms with Crippen LogP contribution in [0.1, 0.15) is 44.7 Å². The van der Waals surface area contributed by atoms with Gasteiger partial charge in [0.15, 0.2) is 0 Å². The second kappa shape index (κ2) is 5.10. The summed E-state index contributed by atoms with van der Waals surface area (Å²) in [6, 6.07) is -0.0327. The van der Waals surface area contributed by atoms with Crippen LogP contribution in [0.2, 0.25) is 0 Å². The average Bonchev–Trinajstić information content (AvgIpc) is 2.74. The molecule has 1 amide bonds. The molecule has 0 bridgehead atoms. The summed E-state index contributed by atoms with van der Waals surface area (Å²) in [6.07, 6.45) is 6.80. The number of carbonyl (C=O) groups excluding carboxylic acids is 1. The van der Waals surface area contributed by atoms with Crippen LogP contribution in [-0.4, -0.2) is 32.7 Å². The number of aryl methyl sites for hydroxylation is 1. The molecule has 3 unspecified atom stereocenters. The van der Waals surface area contributed by atoms with E-state index in [4.69, 9.17) is 5.73 Å². The topological polar surface area (TPSA) is 64.2 Å². The molecule has 5 heteroatoms. The first-order chi connectivity index (χ1) is 8.50. The number of likely N-dealkylation sites (tertiary alicyclic amines) is 1. The summed E-state index contributed by atoms with van der Waals surface area (Å²) in [7, 11) is 1.83. The molecule has 1 aromatic heterocycles. The lowest BCUT2D eigenvalue weighted by molar-refractivity contribution is -0.138. The molecule has 2 N–H and O–H groups in total. The third-order valence-electron chi connectivity index (χ3n) is 3.80. The van der Waals surface area contributed by atoms with Crippen molar-refractivity contribution in [2.45, 2.75) is 51.2 Å². The number of hydrogen-bond donors (Lipinski definition) is 1. The van der Waals surface area contributed by atoms with Gasteiger partial charge >= 0.3 is 0 Å². The Morgan fingerprint density at radius 1 is 1.44 bits per heavy atom. The van der Waals surface area contributed by atoms with Gasteiger partial charge in [-0.1, -0.05) is 0 Å². The Morgan fingerprint density at radius 2 is 2.06 bits per heavy atom. The second-order valence-electron chi connectivity index (χ2n) is 5.30. The first-order valence-corrected chi connectivity index (χ1v) is 6.57. The highest BCUT2D eigenvalue weighted by molar-refractivity contribution is 5.83. The van der Waals surface area contributed by atoms with Crippen LogP contribution >= 0.6 is 0 Å². The molecule has 5 nitrogen and oxygen atoms in total. The van der Waals surface area contributed by atoms with Crippen molar-refractivity contribution in [3.05, 3.63) is 18.0 Å². The fourth-order valence-corrected chi connectivity index (χ4v) is 2.76. The van der Waals surface area contributed by atoms with Crippen molar-refractivity contribution in [1.82, 2.24) is 14.7 Å². The van der Waals surface area contributed by atoms with Crippen LogP contribution in [0.5, 0.6) is 0 Å². The number of nitrogens with zero attached hydrogens (tertiary/aromatic N) is 3. The molecule has 2 heterocycles. The van der Waals surface area contributed by atoms with E-state index < -0.39 is 6.04 Å². The number of piperidine rings is 1. The van der Waals surface area contributed by atoms with Crippen molar-refractivity contribution in [3.8, 4) is 0 Å². The van der Waals surface area contributed by atoms with Gasteiger partial charge in [-0.25, -0.2) is 0 Å². The third kappa shape index (κ3) is 2.41. The largest absolute Gasteiger partial charge is 0.336 e. The molecule has 0 saturated carbocycles. The highest BCUT2D eigenvalue weighted by atomic mass is 16.2. The fraction of sp³-hybridized carbons (Fsp3) is 0.692. The molecule has 1 fully saturated rings. The molecule has 1 aromatic rings. The zero-order valence-electron chi connectivity index (χ0n) is 11.3. The van der Waals surface area contributed by atoms with E-state index in [-0.39, 0.29) is 18.0 Å². The molecule has 3 atom stereocenters. The van der Waals surface area contributed by atoms with Gasteiger partial charge in [0.05, 0.1) is 6.20 Å². The van der Waals surface area contributed by atoms with E-state index in [9.17, 15) is 4.79 Å². The minimum Gasteiger partial charge on any atom is -0.336 e. The van der Waals surface area contributed by atoms with E-state index >= 15 is 0 Å². The molecule has 1 aliphatic rings. The SMILES string of the molecule is CC1CCCC(C)N1C(=O)C(N)c1cnn(C)c1. The Hall–Kier alpha value is -1.36. The predicted molar refractivity (Wildman–Crippen MR) is 69.8 cm³/mol. The highest BCUT2D eigenvalue weighted by Crippen LogP contribution is 2.25. The Labute approximate surface area is 108 Å². The van der Waals surface area contributed by atoms with Gasteiger partial charge in [-0.3, -0.25) is 9.48 Å². The van der Waals surface area contributed by atoms with E-state index in [1.54, 1.807) is 10.9 Å². The number of aromatic nitrogens is 2. The van der Waals surface area contributed by atoms with Crippen LogP contribution in [0, 0.1) is 0 Å². The summed E-state index contributed by atoms with van der Waals surface area (Å²) in [6.45, 7) is 4.20. The molecular formula is C13H22N4O. The first kappa shape index (κ1) is 13.1. The van der Waals surface area contributed by atoms with E-state index in [1.165, 1.54) is 6.42 Å². The zero-order chi connectivity index (χ0) is 13.3. The summed E-state index contributed by atoms with van der Waals surface area (Å²) >= 11 is 0. The zero-order valence-corrected chi connectivity index (χ0v) is 11.3. The normalized spacial score (nSPS) is 26.1. The molecule has 0 aromatic carbocycles. The number of rotatable bonds is 2. The van der Waals surface area contributed by atoms with Gasteiger partial charge in [0.25, 0.3) is 0 Å². The molecule has 100 valence electrons. The van der Waals surface area contributed by atoms with Crippen molar-refractivity contribution < 1.29 is 4.79 Å². The highest BCUT2D eigenvalue weighted by Gasteiger charge is 2.32. The van der Waals surface area contributed by atoms with Gasteiger partial charge in [-0.05, 0) is 33.1 Å². The van der Waals surface area contributed by atoms with Crippen molar-refractivity contribution in [1.29, 1.82) is 0 Å². The molecule has 18 heavy (non-hydrogen) atoms. The van der Waals surface area contributed by atoms with Gasteiger partial charge in [0.2, 0.25) is 5.91 Å². The number of nitrogens with two attached hydrogens (primary N) is 1. The fourth-order valence-electron chi connectivity index (χ4n) is 2.76. The number of amides is 1. The minimum absolute atomic E-state index is 0.0164. The number of carbonyl (C=O) groups is 1. The summed E-state index contributed by atoms with van der Waals surface area (Å²) in [5, 5.41) is 4.07. The van der Waals surface area contributed by atoms with Gasteiger partial charge in [-0.15, -0.1) is 0 Å². The van der Waals surface area contributed by atoms with E-state index in [2.05, 4.69) is 18.9 Å². The van der Waals surface area contributed by atoms with Crippen LogP contribution in [0.15, 0.2) is 12.4 Å². The third-order valence-corrected chi connectivity index (χ3v) is 3.80. The van der Waals surface area contributed by atoms with Crippen molar-refractivity contribution in [2.24, 2.45) is 12.8 Å². The smallest absolute Gasteiger partial charge is 0.244 e. The van der Waals surface area contributed by atoms with E-state index in [0.29, 0.717) is 0 Å². The summed E-state index contributed by atoms with van der Waals surface area (Å²) in [4.78, 5) is 14.4. The molecule has 0 aliphatic carbocycles. The maximum absolute atomic E-state index is 12.5. The monoisotopic (exact) mass is 250 g/mol. The van der Waals surface area contributed by atoms with Crippen molar-refractivity contribution >= 4 is 5.91 Å². The predicted octanol–water partition coefficient (Wildman–Crippen LogP) is 1.21. The Bertz CT molecular complexity index is 418. The van der Waals surface area contributed by atoms with Gasteiger partial charge < -0.3 is 10.6 Å². The Balaban J connectivity index is 2.14. The second-order valence-corrected chi connectivity index (χ2v) is 5.30. The number of hydrogen-bond acceptors (Lipinski definition) is 3. The standard InChI is InChI=1S/C13H22N4O/c1-9-5-4-6-10(2)17(9)13(18)12(14)11-7-15-16(3)8-11/h7-10,12H,4-6,14H2,1-3H3. The van der Waals surface area contributed by atoms with Crippen molar-refractivity contribution in [3.63, 3.8) is 0 Å². The van der Waals surface area contributed by atoms with E-state index in [0.717, 1.165) is 18.4 Å². The maximum atomic E-state index is 12.5. The Morgan fingerprint density at radius 3 is 2.56 bits per heavy atom. The maximum Gasteiger partial charge on any atom is 0.244 e. The van der Waals surface area contributed by atoms with Crippen LogP contribution in [0.4, 0.5) is 0 Å². The van der Waals surface area contributed by atoms with Crippen LogP contribution in [0.3, 0.4) is 0 Å². The summed E-state index contributed by atoms with van der Waals surface area (Å²) < 4.78 is 1.67. The summed E-state index contributed by atoms with van der Waals surface area (Å²) in [5.74, 6) is 0.0164. The van der Waals surface area contributed by atoms with Crippen LogP contribution < -0.4 is 5.73 Å². The van der Waals surface area contributed by atoms with Gasteiger partial charge in [0.1, 0.15) is 6.04 Å². The molecule has 0 spiro atoms. The Kier molecular flexibility index (Phi) is 3.71. The molecule has 2 rings (SSSR count). The lowest BCUT2D eigenvalue weighted by Crippen LogP contribution is -2.50. The summed E-state index contributed by atoms with van der Waals surface area (Å²) in [5.41, 5.74) is 6.85. The van der Waals surface area contributed by atoms with Crippen LogP contribution in [-0.2, 0) is 11.8 Å². The van der Waals surface area contributed by atoms with Crippen LogP contribution in [0.25, 0.3) is 0 Å². The van der Waals surface area contributed by atoms with Gasteiger partial charge in [0, 0.05) is 30.9 Å².